The van der Waals surface area contributed by atoms with Gasteiger partial charge in [-0.3, -0.25) is 4.90 Å². The van der Waals surface area contributed by atoms with Crippen LogP contribution in [0.25, 0.3) is 0 Å². The second-order valence-electron chi connectivity index (χ2n) is 9.19. The van der Waals surface area contributed by atoms with E-state index in [1.807, 2.05) is 12.1 Å². The van der Waals surface area contributed by atoms with E-state index in [9.17, 15) is 4.79 Å². The number of aromatic nitrogens is 2. The van der Waals surface area contributed by atoms with E-state index in [0.29, 0.717) is 5.75 Å². The Labute approximate surface area is 210 Å². The molecule has 4 rings (SSSR count). The van der Waals surface area contributed by atoms with Crippen molar-refractivity contribution in [3.05, 3.63) is 47.3 Å². The maximum Gasteiger partial charge on any atom is 0.225 e. The smallest absolute Gasteiger partial charge is 0.225 e. The van der Waals surface area contributed by atoms with Crippen molar-refractivity contribution in [1.29, 1.82) is 0 Å². The SMILES string of the molecule is CCCc1cnc(N2CCN(C3CCC3)CC2)nc1CCC.CCc1ccccc1SCC=O. The van der Waals surface area contributed by atoms with Gasteiger partial charge in [-0.1, -0.05) is 58.2 Å². The van der Waals surface area contributed by atoms with Crippen molar-refractivity contribution in [2.24, 2.45) is 0 Å². The number of benzene rings is 1. The third kappa shape index (κ3) is 7.54. The summed E-state index contributed by atoms with van der Waals surface area (Å²) >= 11 is 1.60. The van der Waals surface area contributed by atoms with Gasteiger partial charge in [0.1, 0.15) is 6.29 Å². The van der Waals surface area contributed by atoms with Gasteiger partial charge >= 0.3 is 0 Å². The van der Waals surface area contributed by atoms with E-state index in [1.54, 1.807) is 11.8 Å². The molecule has 0 radical (unpaired) electrons. The lowest BCUT2D eigenvalue weighted by Gasteiger charge is -2.43. The summed E-state index contributed by atoms with van der Waals surface area (Å²) < 4.78 is 0. The predicted octanol–water partition coefficient (Wildman–Crippen LogP) is 5.60. The minimum atomic E-state index is 0.553. The summed E-state index contributed by atoms with van der Waals surface area (Å²) in [5.74, 6) is 1.51. The zero-order valence-electron chi connectivity index (χ0n) is 21.3. The molecule has 186 valence electrons. The van der Waals surface area contributed by atoms with Crippen LogP contribution in [-0.4, -0.2) is 59.1 Å². The first-order valence-electron chi connectivity index (χ1n) is 13.2. The molecule has 2 heterocycles. The molecular weight excluding hydrogens is 440 g/mol. The Balaban J connectivity index is 0.000000229. The number of carbonyl (C=O) groups is 1. The van der Waals surface area contributed by atoms with Crippen molar-refractivity contribution in [3.63, 3.8) is 0 Å². The highest BCUT2D eigenvalue weighted by molar-refractivity contribution is 8.00. The van der Waals surface area contributed by atoms with Gasteiger partial charge in [-0.25, -0.2) is 9.97 Å². The van der Waals surface area contributed by atoms with Crippen molar-refractivity contribution in [3.8, 4) is 0 Å². The maximum atomic E-state index is 10.2. The Morgan fingerprint density at radius 1 is 1.00 bits per heavy atom. The zero-order chi connectivity index (χ0) is 24.2. The van der Waals surface area contributed by atoms with Gasteiger partial charge in [0, 0.05) is 49.0 Å². The van der Waals surface area contributed by atoms with Crippen LogP contribution in [0.3, 0.4) is 0 Å². The largest absolute Gasteiger partial charge is 0.338 e. The molecule has 0 atom stereocenters. The van der Waals surface area contributed by atoms with Gasteiger partial charge in [-0.15, -0.1) is 11.8 Å². The number of piperazine rings is 1. The van der Waals surface area contributed by atoms with Gasteiger partial charge in [0.25, 0.3) is 0 Å². The second-order valence-corrected chi connectivity index (χ2v) is 10.3. The number of hydrogen-bond donors (Lipinski definition) is 0. The molecule has 2 fully saturated rings. The van der Waals surface area contributed by atoms with E-state index in [0.717, 1.165) is 57.0 Å². The fraction of sp³-hybridized carbons (Fsp3) is 0.607. The number of carbonyl (C=O) groups excluding carboxylic acids is 1. The standard InChI is InChI=1S/C18H30N4.C10H12OS/c1-3-6-15-14-19-18(20-17(15)7-4-2)22-12-10-21(11-13-22)16-8-5-9-16;1-2-9-5-3-4-6-10(9)12-8-7-11/h14,16H,3-13H2,1-2H3;3-7H,2,8H2,1H3. The van der Waals surface area contributed by atoms with Gasteiger partial charge in [0.05, 0.1) is 5.75 Å². The average Bonchev–Trinajstić information content (AvgIpc) is 2.84. The summed E-state index contributed by atoms with van der Waals surface area (Å²) in [5.41, 5.74) is 3.95. The number of rotatable bonds is 10. The molecule has 0 unspecified atom stereocenters. The van der Waals surface area contributed by atoms with E-state index in [4.69, 9.17) is 4.98 Å². The summed E-state index contributed by atoms with van der Waals surface area (Å²) in [6, 6.07) is 9.07. The monoisotopic (exact) mass is 482 g/mol. The fourth-order valence-electron chi connectivity index (χ4n) is 4.61. The van der Waals surface area contributed by atoms with Crippen molar-refractivity contribution >= 4 is 24.0 Å². The van der Waals surface area contributed by atoms with E-state index < -0.39 is 0 Å². The molecule has 34 heavy (non-hydrogen) atoms. The molecule has 0 bridgehead atoms. The number of aryl methyl sites for hydroxylation is 3. The fourth-order valence-corrected chi connectivity index (χ4v) is 5.43. The molecule has 1 saturated carbocycles. The lowest BCUT2D eigenvalue weighted by molar-refractivity contribution is -0.105. The quantitative estimate of drug-likeness (QED) is 0.325. The normalized spacial score (nSPS) is 16.5. The molecule has 1 aromatic carbocycles. The van der Waals surface area contributed by atoms with Gasteiger partial charge in [-0.05, 0) is 49.3 Å². The van der Waals surface area contributed by atoms with E-state index in [1.165, 1.54) is 60.5 Å². The molecule has 6 heteroatoms. The summed E-state index contributed by atoms with van der Waals surface area (Å²) in [6.45, 7) is 11.1. The number of anilines is 1. The van der Waals surface area contributed by atoms with E-state index in [2.05, 4.69) is 53.9 Å². The summed E-state index contributed by atoms with van der Waals surface area (Å²) in [4.78, 5) is 26.0. The molecule has 1 aliphatic carbocycles. The highest BCUT2D eigenvalue weighted by atomic mass is 32.2. The van der Waals surface area contributed by atoms with Crippen molar-refractivity contribution < 1.29 is 4.79 Å². The Kier molecular flexibility index (Phi) is 11.4. The Morgan fingerprint density at radius 3 is 2.35 bits per heavy atom. The number of hydrogen-bond acceptors (Lipinski definition) is 6. The van der Waals surface area contributed by atoms with Crippen molar-refractivity contribution in [2.45, 2.75) is 83.1 Å². The van der Waals surface area contributed by atoms with Crippen LogP contribution in [0.4, 0.5) is 5.95 Å². The van der Waals surface area contributed by atoms with Gasteiger partial charge in [0.2, 0.25) is 5.95 Å². The van der Waals surface area contributed by atoms with Crippen LogP contribution in [0.15, 0.2) is 35.4 Å². The summed E-state index contributed by atoms with van der Waals surface area (Å²) in [7, 11) is 0. The van der Waals surface area contributed by atoms with Crippen LogP contribution in [-0.2, 0) is 24.1 Å². The first-order chi connectivity index (χ1) is 16.7. The van der Waals surface area contributed by atoms with Gasteiger partial charge < -0.3 is 9.69 Å². The molecule has 5 nitrogen and oxygen atoms in total. The number of thioether (sulfide) groups is 1. The Morgan fingerprint density at radius 2 is 1.74 bits per heavy atom. The predicted molar refractivity (Wildman–Crippen MR) is 144 cm³/mol. The highest BCUT2D eigenvalue weighted by Crippen LogP contribution is 2.26. The maximum absolute atomic E-state index is 10.2. The Bertz CT molecular complexity index is 878. The highest BCUT2D eigenvalue weighted by Gasteiger charge is 2.28. The molecule has 0 N–H and O–H groups in total. The van der Waals surface area contributed by atoms with Crippen LogP contribution in [0.1, 0.15) is 69.7 Å². The summed E-state index contributed by atoms with van der Waals surface area (Å²) in [6.07, 6.45) is 12.8. The average molecular weight is 483 g/mol. The van der Waals surface area contributed by atoms with E-state index in [-0.39, 0.29) is 0 Å². The first-order valence-corrected chi connectivity index (χ1v) is 14.2. The minimum Gasteiger partial charge on any atom is -0.338 e. The van der Waals surface area contributed by atoms with Crippen molar-refractivity contribution in [1.82, 2.24) is 14.9 Å². The molecule has 2 aliphatic rings. The second kappa shape index (κ2) is 14.5. The van der Waals surface area contributed by atoms with Crippen LogP contribution in [0.5, 0.6) is 0 Å². The van der Waals surface area contributed by atoms with Crippen LogP contribution in [0, 0.1) is 0 Å². The molecule has 1 saturated heterocycles. The van der Waals surface area contributed by atoms with Crippen molar-refractivity contribution in [2.75, 3.05) is 36.8 Å². The van der Waals surface area contributed by atoms with Crippen LogP contribution < -0.4 is 4.90 Å². The molecule has 2 aromatic rings. The number of aldehydes is 1. The number of nitrogens with zero attached hydrogens (tertiary/aromatic N) is 4. The topological polar surface area (TPSA) is 49.3 Å². The third-order valence-corrected chi connectivity index (χ3v) is 7.81. The first kappa shape index (κ1) is 26.7. The Hall–Kier alpha value is -1.92. The third-order valence-electron chi connectivity index (χ3n) is 6.80. The van der Waals surface area contributed by atoms with Crippen LogP contribution in [0.2, 0.25) is 0 Å². The van der Waals surface area contributed by atoms with Crippen LogP contribution >= 0.6 is 11.8 Å². The minimum absolute atomic E-state index is 0.553. The zero-order valence-corrected chi connectivity index (χ0v) is 22.2. The molecule has 1 aliphatic heterocycles. The molecule has 0 amide bonds. The lowest BCUT2D eigenvalue weighted by atomic mass is 9.91. The van der Waals surface area contributed by atoms with Gasteiger partial charge in [0.15, 0.2) is 0 Å². The molecular formula is C28H42N4OS. The lowest BCUT2D eigenvalue weighted by Crippen LogP contribution is -2.52. The molecule has 0 spiro atoms. The molecule has 1 aromatic heterocycles. The van der Waals surface area contributed by atoms with Gasteiger partial charge in [-0.2, -0.15) is 0 Å². The van der Waals surface area contributed by atoms with E-state index >= 15 is 0 Å². The summed E-state index contributed by atoms with van der Waals surface area (Å²) in [5, 5.41) is 0.